The molecule has 2 aromatic heterocycles. The minimum atomic E-state index is -0.250. The van der Waals surface area contributed by atoms with Crippen molar-refractivity contribution in [3.63, 3.8) is 0 Å². The van der Waals surface area contributed by atoms with Crippen LogP contribution in [-0.4, -0.2) is 26.3 Å². The van der Waals surface area contributed by atoms with Crippen molar-refractivity contribution in [2.45, 2.75) is 20.4 Å². The number of nitrogens with zero attached hydrogens (tertiary/aromatic N) is 4. The Labute approximate surface area is 231 Å². The Morgan fingerprint density at radius 1 is 0.850 bits per heavy atom. The van der Waals surface area contributed by atoms with Crippen LogP contribution in [0.5, 0.6) is 0 Å². The lowest BCUT2D eigenvalue weighted by molar-refractivity contribution is -0.116. The molecule has 7 heteroatoms. The third-order valence-electron chi connectivity index (χ3n) is 7.09. The Hall–Kier alpha value is -5.30. The monoisotopic (exact) mass is 525 g/mol. The highest BCUT2D eigenvalue weighted by molar-refractivity contribution is 6.02. The Bertz CT molecular complexity index is 1970. The summed E-state index contributed by atoms with van der Waals surface area (Å²) in [4.78, 5) is 31.5. The summed E-state index contributed by atoms with van der Waals surface area (Å²) in [5.41, 5.74) is 5.56. The molecule has 0 aliphatic carbocycles. The van der Waals surface area contributed by atoms with E-state index >= 15 is 0 Å². The van der Waals surface area contributed by atoms with Crippen LogP contribution in [0.1, 0.15) is 16.8 Å². The summed E-state index contributed by atoms with van der Waals surface area (Å²) in [5.74, 6) is 0.336. The van der Waals surface area contributed by atoms with Gasteiger partial charge >= 0.3 is 0 Å². The fraction of sp³-hybridized carbons (Fsp3) is 0.0909. The molecule has 7 nitrogen and oxygen atoms in total. The van der Waals surface area contributed by atoms with Crippen LogP contribution in [-0.2, 0) is 11.3 Å². The van der Waals surface area contributed by atoms with Crippen molar-refractivity contribution in [1.29, 1.82) is 0 Å². The lowest BCUT2D eigenvalue weighted by Gasteiger charge is -2.11. The van der Waals surface area contributed by atoms with Crippen molar-refractivity contribution in [2.24, 2.45) is 5.10 Å². The predicted molar refractivity (Wildman–Crippen MR) is 161 cm³/mol. The van der Waals surface area contributed by atoms with Crippen LogP contribution in [0, 0.1) is 13.8 Å². The van der Waals surface area contributed by atoms with Gasteiger partial charge < -0.3 is 9.88 Å². The van der Waals surface area contributed by atoms with Gasteiger partial charge in [-0.2, -0.15) is 9.78 Å². The zero-order chi connectivity index (χ0) is 27.6. The van der Waals surface area contributed by atoms with E-state index in [0.29, 0.717) is 16.7 Å². The molecule has 0 fully saturated rings. The number of fused-ring (bicyclic) bond motifs is 2. The third-order valence-corrected chi connectivity index (χ3v) is 7.09. The van der Waals surface area contributed by atoms with Gasteiger partial charge in [0, 0.05) is 33.4 Å². The number of carbonyl (C=O) groups is 1. The first-order valence-corrected chi connectivity index (χ1v) is 13.1. The highest BCUT2D eigenvalue weighted by Crippen LogP contribution is 2.26. The van der Waals surface area contributed by atoms with E-state index in [-0.39, 0.29) is 18.0 Å². The number of benzene rings is 4. The second kappa shape index (κ2) is 10.5. The van der Waals surface area contributed by atoms with E-state index in [4.69, 9.17) is 4.98 Å². The molecular weight excluding hydrogens is 498 g/mol. The van der Waals surface area contributed by atoms with Crippen molar-refractivity contribution in [3.05, 3.63) is 130 Å². The Balaban J connectivity index is 1.44. The van der Waals surface area contributed by atoms with E-state index in [9.17, 15) is 9.59 Å². The van der Waals surface area contributed by atoms with Gasteiger partial charge in [0.1, 0.15) is 6.54 Å². The van der Waals surface area contributed by atoms with Gasteiger partial charge in [-0.25, -0.2) is 4.98 Å². The molecule has 0 unspecified atom stereocenters. The number of aromatic nitrogens is 3. The number of aryl methyl sites for hydroxylation is 1. The molecule has 196 valence electrons. The summed E-state index contributed by atoms with van der Waals surface area (Å²) in [7, 11) is 0. The van der Waals surface area contributed by atoms with Gasteiger partial charge in [0.15, 0.2) is 5.82 Å². The van der Waals surface area contributed by atoms with Crippen LogP contribution in [0.3, 0.4) is 0 Å². The highest BCUT2D eigenvalue weighted by atomic mass is 16.2. The highest BCUT2D eigenvalue weighted by Gasteiger charge is 2.17. The quantitative estimate of drug-likeness (QED) is 0.265. The van der Waals surface area contributed by atoms with Crippen LogP contribution in [0.25, 0.3) is 33.2 Å². The maximum Gasteiger partial charge on any atom is 0.282 e. The maximum atomic E-state index is 13.6. The van der Waals surface area contributed by atoms with Crippen molar-refractivity contribution < 1.29 is 4.79 Å². The van der Waals surface area contributed by atoms with Gasteiger partial charge in [0.2, 0.25) is 5.91 Å². The van der Waals surface area contributed by atoms with Crippen molar-refractivity contribution >= 4 is 39.6 Å². The first-order chi connectivity index (χ1) is 19.5. The second-order valence-electron chi connectivity index (χ2n) is 9.65. The third kappa shape index (κ3) is 4.58. The van der Waals surface area contributed by atoms with Gasteiger partial charge in [0.05, 0.1) is 17.1 Å². The molecule has 1 amide bonds. The van der Waals surface area contributed by atoms with E-state index in [1.54, 1.807) is 12.3 Å². The minimum absolute atomic E-state index is 0.122. The molecule has 2 heterocycles. The average molecular weight is 526 g/mol. The van der Waals surface area contributed by atoms with Crippen molar-refractivity contribution in [3.8, 4) is 11.4 Å². The molecule has 6 aromatic rings. The number of anilines is 1. The second-order valence-corrected chi connectivity index (χ2v) is 9.65. The number of rotatable bonds is 6. The number of para-hydroxylation sites is 3. The van der Waals surface area contributed by atoms with Gasteiger partial charge in [0.25, 0.3) is 5.56 Å². The summed E-state index contributed by atoms with van der Waals surface area (Å²) >= 11 is 0. The Morgan fingerprint density at radius 2 is 1.52 bits per heavy atom. The topological polar surface area (TPSA) is 81.3 Å². The molecule has 1 N–H and O–H groups in total. The molecule has 40 heavy (non-hydrogen) atoms. The van der Waals surface area contributed by atoms with Gasteiger partial charge in [-0.1, -0.05) is 78.9 Å². The molecule has 0 radical (unpaired) electrons. The SMILES string of the molecule is Cc1ccccc1NC(=O)Cn1c(C)c(C=Nn2c(-c3ccccc3)nc3ccccc3c2=O)c2ccccc21. The summed E-state index contributed by atoms with van der Waals surface area (Å²) < 4.78 is 3.33. The number of hydrogen-bond donors (Lipinski definition) is 1. The molecule has 0 spiro atoms. The normalized spacial score (nSPS) is 11.4. The molecule has 6 rings (SSSR count). The predicted octanol–water partition coefficient (Wildman–Crippen LogP) is 6.16. The molecule has 4 aromatic carbocycles. The van der Waals surface area contributed by atoms with Crippen LogP contribution >= 0.6 is 0 Å². The minimum Gasteiger partial charge on any atom is -0.335 e. The zero-order valence-corrected chi connectivity index (χ0v) is 22.2. The van der Waals surface area contributed by atoms with Crippen molar-refractivity contribution in [2.75, 3.05) is 5.32 Å². The summed E-state index contributed by atoms with van der Waals surface area (Å²) in [6.45, 7) is 4.07. The summed E-state index contributed by atoms with van der Waals surface area (Å²) in [6.07, 6.45) is 1.69. The average Bonchev–Trinajstić information content (AvgIpc) is 3.24. The number of nitrogens with one attached hydrogen (secondary N) is 1. The van der Waals surface area contributed by atoms with E-state index in [1.807, 2.05) is 115 Å². The largest absolute Gasteiger partial charge is 0.335 e. The Kier molecular flexibility index (Phi) is 6.54. The maximum absolute atomic E-state index is 13.6. The van der Waals surface area contributed by atoms with Crippen LogP contribution in [0.2, 0.25) is 0 Å². The molecule has 0 aliphatic heterocycles. The number of amides is 1. The molecule has 0 saturated carbocycles. The lowest BCUT2D eigenvalue weighted by Crippen LogP contribution is -2.20. The first kappa shape index (κ1) is 25.0. The van der Waals surface area contributed by atoms with Crippen LogP contribution in [0.15, 0.2) is 113 Å². The van der Waals surface area contributed by atoms with Gasteiger partial charge in [-0.05, 0) is 43.7 Å². The molecule has 0 aliphatic rings. The number of hydrogen-bond acceptors (Lipinski definition) is 4. The zero-order valence-electron chi connectivity index (χ0n) is 22.2. The molecule has 0 bridgehead atoms. The van der Waals surface area contributed by atoms with E-state index < -0.39 is 0 Å². The molecular formula is C33H27N5O2. The van der Waals surface area contributed by atoms with Gasteiger partial charge in [-0.15, -0.1) is 0 Å². The van der Waals surface area contributed by atoms with E-state index in [2.05, 4.69) is 10.4 Å². The number of carbonyl (C=O) groups excluding carboxylic acids is 1. The van der Waals surface area contributed by atoms with E-state index in [1.165, 1.54) is 4.68 Å². The summed E-state index contributed by atoms with van der Waals surface area (Å²) in [6, 6.07) is 32.4. The fourth-order valence-corrected chi connectivity index (χ4v) is 4.99. The molecule has 0 atom stereocenters. The lowest BCUT2D eigenvalue weighted by atomic mass is 10.1. The van der Waals surface area contributed by atoms with Crippen LogP contribution in [0.4, 0.5) is 5.69 Å². The van der Waals surface area contributed by atoms with Gasteiger partial charge in [-0.3, -0.25) is 9.59 Å². The Morgan fingerprint density at radius 3 is 2.33 bits per heavy atom. The van der Waals surface area contributed by atoms with Crippen LogP contribution < -0.4 is 10.9 Å². The molecule has 0 saturated heterocycles. The summed E-state index contributed by atoms with van der Waals surface area (Å²) in [5, 5.41) is 9.14. The fourth-order valence-electron chi connectivity index (χ4n) is 4.99. The van der Waals surface area contributed by atoms with E-state index in [0.717, 1.165) is 39.0 Å². The standard InChI is InChI=1S/C33H27N5O2/c1-22-12-6-9-17-28(22)35-31(39)21-37-23(2)27(25-15-8-11-19-30(25)37)20-34-38-32(24-13-4-3-5-14-24)36-29-18-10-7-16-26(29)33(38)40/h3-20H,21H2,1-2H3,(H,35,39). The smallest absolute Gasteiger partial charge is 0.282 e. The van der Waals surface area contributed by atoms with Crippen molar-refractivity contribution in [1.82, 2.24) is 14.2 Å². The first-order valence-electron chi connectivity index (χ1n) is 13.1.